The molecule has 2 N–H and O–H groups in total. The van der Waals surface area contributed by atoms with Crippen LogP contribution in [0.3, 0.4) is 0 Å². The van der Waals surface area contributed by atoms with E-state index in [1.54, 1.807) is 0 Å². The standard InChI is InChI=1S/C21H20N2/c1-15(22)14-23-12-11-19-20(16-7-3-2-4-8-16)13-17-9-5-6-10-18(17)21(19)23/h2-13,15H,14,22H2,1H3. The maximum Gasteiger partial charge on any atom is 0.0566 e. The molecule has 0 radical (unpaired) electrons. The van der Waals surface area contributed by atoms with Crippen molar-refractivity contribution in [2.75, 3.05) is 0 Å². The smallest absolute Gasteiger partial charge is 0.0566 e. The third-order valence-electron chi connectivity index (χ3n) is 4.34. The predicted octanol–water partition coefficient (Wildman–Crippen LogP) is 4.81. The zero-order chi connectivity index (χ0) is 15.8. The van der Waals surface area contributed by atoms with Crippen LogP contribution in [0.5, 0.6) is 0 Å². The van der Waals surface area contributed by atoms with Gasteiger partial charge < -0.3 is 10.3 Å². The number of aromatic nitrogens is 1. The third kappa shape index (κ3) is 2.41. The summed E-state index contributed by atoms with van der Waals surface area (Å²) in [4.78, 5) is 0. The molecule has 2 nitrogen and oxygen atoms in total. The molecule has 1 atom stereocenters. The molecule has 3 aromatic carbocycles. The molecule has 0 aliphatic rings. The van der Waals surface area contributed by atoms with Crippen molar-refractivity contribution in [3.63, 3.8) is 0 Å². The molecule has 0 aliphatic heterocycles. The summed E-state index contributed by atoms with van der Waals surface area (Å²) in [6, 6.07) is 23.8. The number of benzene rings is 3. The van der Waals surface area contributed by atoms with Crippen molar-refractivity contribution in [1.82, 2.24) is 4.57 Å². The van der Waals surface area contributed by atoms with Gasteiger partial charge in [-0.05, 0) is 35.6 Å². The Bertz CT molecular complexity index is 965. The van der Waals surface area contributed by atoms with Gasteiger partial charge in [0.25, 0.3) is 0 Å². The first kappa shape index (κ1) is 14.0. The summed E-state index contributed by atoms with van der Waals surface area (Å²) in [5.41, 5.74) is 9.86. The molecule has 4 aromatic rings. The highest BCUT2D eigenvalue weighted by Crippen LogP contribution is 2.35. The van der Waals surface area contributed by atoms with Crippen molar-refractivity contribution in [1.29, 1.82) is 0 Å². The molecule has 0 saturated heterocycles. The average molecular weight is 300 g/mol. The summed E-state index contributed by atoms with van der Waals surface area (Å²) >= 11 is 0. The van der Waals surface area contributed by atoms with Gasteiger partial charge in [-0.25, -0.2) is 0 Å². The molecule has 0 fully saturated rings. The van der Waals surface area contributed by atoms with Crippen LogP contribution in [0.2, 0.25) is 0 Å². The second-order valence-electron chi connectivity index (χ2n) is 6.22. The fraction of sp³-hybridized carbons (Fsp3) is 0.143. The van der Waals surface area contributed by atoms with Gasteiger partial charge in [-0.15, -0.1) is 0 Å². The topological polar surface area (TPSA) is 30.9 Å². The van der Waals surface area contributed by atoms with Crippen LogP contribution < -0.4 is 5.73 Å². The molecule has 23 heavy (non-hydrogen) atoms. The Kier molecular flexibility index (Phi) is 3.40. The molecule has 1 unspecified atom stereocenters. The fourth-order valence-electron chi connectivity index (χ4n) is 3.38. The van der Waals surface area contributed by atoms with Crippen LogP contribution in [-0.4, -0.2) is 10.6 Å². The van der Waals surface area contributed by atoms with E-state index in [-0.39, 0.29) is 6.04 Å². The molecule has 0 spiro atoms. The van der Waals surface area contributed by atoms with E-state index in [0.717, 1.165) is 6.54 Å². The summed E-state index contributed by atoms with van der Waals surface area (Å²) in [5.74, 6) is 0. The quantitative estimate of drug-likeness (QED) is 0.578. The van der Waals surface area contributed by atoms with Crippen LogP contribution in [0, 0.1) is 0 Å². The molecular formula is C21H20N2. The molecule has 0 aliphatic carbocycles. The van der Waals surface area contributed by atoms with E-state index in [1.807, 2.05) is 0 Å². The monoisotopic (exact) mass is 300 g/mol. The van der Waals surface area contributed by atoms with Gasteiger partial charge in [0.1, 0.15) is 0 Å². The van der Waals surface area contributed by atoms with Crippen LogP contribution in [0.25, 0.3) is 32.8 Å². The Labute approximate surface area is 136 Å². The van der Waals surface area contributed by atoms with Crippen molar-refractivity contribution < 1.29 is 0 Å². The third-order valence-corrected chi connectivity index (χ3v) is 4.34. The number of fused-ring (bicyclic) bond motifs is 3. The van der Waals surface area contributed by atoms with E-state index < -0.39 is 0 Å². The maximum atomic E-state index is 6.05. The Hall–Kier alpha value is -2.58. The van der Waals surface area contributed by atoms with Crippen LogP contribution in [0.15, 0.2) is 72.9 Å². The molecular weight excluding hydrogens is 280 g/mol. The largest absolute Gasteiger partial charge is 0.345 e. The van der Waals surface area contributed by atoms with Crippen molar-refractivity contribution in [2.24, 2.45) is 5.73 Å². The number of hydrogen-bond acceptors (Lipinski definition) is 1. The minimum atomic E-state index is 0.129. The number of rotatable bonds is 3. The van der Waals surface area contributed by atoms with Gasteiger partial charge in [-0.2, -0.15) is 0 Å². The van der Waals surface area contributed by atoms with Gasteiger partial charge >= 0.3 is 0 Å². The Balaban J connectivity index is 2.09. The maximum absolute atomic E-state index is 6.05. The van der Waals surface area contributed by atoms with E-state index in [9.17, 15) is 0 Å². The normalized spacial score (nSPS) is 12.8. The van der Waals surface area contributed by atoms with E-state index in [4.69, 9.17) is 5.73 Å². The number of nitrogens with two attached hydrogens (primary N) is 1. The summed E-state index contributed by atoms with van der Waals surface area (Å²) in [5, 5.41) is 3.84. The lowest BCUT2D eigenvalue weighted by Gasteiger charge is -2.13. The van der Waals surface area contributed by atoms with Crippen molar-refractivity contribution >= 4 is 21.7 Å². The first-order valence-electron chi connectivity index (χ1n) is 8.05. The first-order chi connectivity index (χ1) is 11.2. The summed E-state index contributed by atoms with van der Waals surface area (Å²) in [6.07, 6.45) is 2.16. The second-order valence-corrected chi connectivity index (χ2v) is 6.22. The van der Waals surface area contributed by atoms with Crippen molar-refractivity contribution in [3.05, 3.63) is 72.9 Å². The molecule has 0 bridgehead atoms. The molecule has 114 valence electrons. The zero-order valence-electron chi connectivity index (χ0n) is 13.2. The number of nitrogens with zero attached hydrogens (tertiary/aromatic N) is 1. The predicted molar refractivity (Wildman–Crippen MR) is 98.5 cm³/mol. The van der Waals surface area contributed by atoms with Gasteiger partial charge in [-0.1, -0.05) is 54.6 Å². The van der Waals surface area contributed by atoms with Crippen LogP contribution in [0.4, 0.5) is 0 Å². The van der Waals surface area contributed by atoms with Gasteiger partial charge in [0.15, 0.2) is 0 Å². The summed E-state index contributed by atoms with van der Waals surface area (Å²) < 4.78 is 2.29. The highest BCUT2D eigenvalue weighted by Gasteiger charge is 2.12. The van der Waals surface area contributed by atoms with Gasteiger partial charge in [0.2, 0.25) is 0 Å². The van der Waals surface area contributed by atoms with Crippen molar-refractivity contribution in [2.45, 2.75) is 19.5 Å². The van der Waals surface area contributed by atoms with Gasteiger partial charge in [-0.3, -0.25) is 0 Å². The van der Waals surface area contributed by atoms with Gasteiger partial charge in [0.05, 0.1) is 5.52 Å². The van der Waals surface area contributed by atoms with Gasteiger partial charge in [0, 0.05) is 29.6 Å². The Morgan fingerprint density at radius 2 is 1.65 bits per heavy atom. The minimum absolute atomic E-state index is 0.129. The zero-order valence-corrected chi connectivity index (χ0v) is 13.2. The first-order valence-corrected chi connectivity index (χ1v) is 8.05. The van der Waals surface area contributed by atoms with E-state index in [0.29, 0.717) is 0 Å². The highest BCUT2D eigenvalue weighted by molar-refractivity contribution is 6.12. The second kappa shape index (κ2) is 5.56. The lowest BCUT2D eigenvalue weighted by atomic mass is 9.97. The average Bonchev–Trinajstić information content (AvgIpc) is 2.98. The number of hydrogen-bond donors (Lipinski definition) is 1. The SMILES string of the molecule is CC(N)Cn1ccc2c(-c3ccccc3)cc3ccccc3c21. The Morgan fingerprint density at radius 3 is 2.43 bits per heavy atom. The van der Waals surface area contributed by atoms with E-state index in [1.165, 1.54) is 32.8 Å². The molecule has 1 heterocycles. The van der Waals surface area contributed by atoms with E-state index in [2.05, 4.69) is 84.4 Å². The Morgan fingerprint density at radius 1 is 0.913 bits per heavy atom. The molecule has 1 aromatic heterocycles. The summed E-state index contributed by atoms with van der Waals surface area (Å²) in [6.45, 7) is 2.88. The highest BCUT2D eigenvalue weighted by atomic mass is 15.0. The lowest BCUT2D eigenvalue weighted by molar-refractivity contribution is 0.606. The van der Waals surface area contributed by atoms with Crippen LogP contribution >= 0.6 is 0 Å². The fourth-order valence-corrected chi connectivity index (χ4v) is 3.38. The van der Waals surface area contributed by atoms with Crippen LogP contribution in [0.1, 0.15) is 6.92 Å². The van der Waals surface area contributed by atoms with E-state index >= 15 is 0 Å². The molecule has 2 heteroatoms. The molecule has 0 saturated carbocycles. The van der Waals surface area contributed by atoms with Crippen LogP contribution in [-0.2, 0) is 6.54 Å². The minimum Gasteiger partial charge on any atom is -0.345 e. The lowest BCUT2D eigenvalue weighted by Crippen LogP contribution is -2.21. The summed E-state index contributed by atoms with van der Waals surface area (Å²) in [7, 11) is 0. The molecule has 4 rings (SSSR count). The van der Waals surface area contributed by atoms with Crippen molar-refractivity contribution in [3.8, 4) is 11.1 Å². The molecule has 0 amide bonds.